The largest absolute Gasteiger partial charge is 0.427 e. The highest BCUT2D eigenvalue weighted by Crippen LogP contribution is 2.45. The first-order chi connectivity index (χ1) is 20.0. The van der Waals surface area contributed by atoms with E-state index in [-0.39, 0.29) is 5.97 Å². The first kappa shape index (κ1) is 28.8. The van der Waals surface area contributed by atoms with Gasteiger partial charge in [0.2, 0.25) is 5.72 Å². The van der Waals surface area contributed by atoms with Crippen LogP contribution in [0.25, 0.3) is 0 Å². The van der Waals surface area contributed by atoms with Crippen molar-refractivity contribution in [3.8, 4) is 0 Å². The predicted octanol–water partition coefficient (Wildman–Crippen LogP) is 7.25. The van der Waals surface area contributed by atoms with Crippen LogP contribution in [0.2, 0.25) is 0 Å². The number of benzene rings is 4. The van der Waals surface area contributed by atoms with Gasteiger partial charge in [-0.05, 0) is 75.4 Å². The second-order valence-electron chi connectivity index (χ2n) is 11.4. The summed E-state index contributed by atoms with van der Waals surface area (Å²) in [7, 11) is 10.0. The third-order valence-electron chi connectivity index (χ3n) is 8.15. The lowest BCUT2D eigenvalue weighted by Gasteiger charge is -2.40. The number of cyclic esters (lactones) is 1. The van der Waals surface area contributed by atoms with E-state index in [1.54, 1.807) is 0 Å². The van der Waals surface area contributed by atoms with Gasteiger partial charge in [-0.25, -0.2) is 4.79 Å². The molecule has 1 aliphatic heterocycles. The van der Waals surface area contributed by atoms with Crippen LogP contribution in [0.4, 0.5) is 22.7 Å². The molecule has 4 aromatic rings. The SMILES string of the molecule is Cc1ccc(N(C)C(=CC2(N(C)c3ccc(C)cc3)OC(=O)c3cc(N(C)C)ccc32)N(C)c2ccc(C)cc2)cc1. The maximum atomic E-state index is 13.7. The number of ether oxygens (including phenoxy) is 1. The summed E-state index contributed by atoms with van der Waals surface area (Å²) in [6.07, 6.45) is 2.08. The average molecular weight is 561 g/mol. The zero-order valence-corrected chi connectivity index (χ0v) is 25.8. The maximum absolute atomic E-state index is 13.7. The molecule has 5 rings (SSSR count). The number of likely N-dealkylation sites (N-methyl/N-ethyl adjacent to an activating group) is 1. The van der Waals surface area contributed by atoms with Crippen molar-refractivity contribution in [1.29, 1.82) is 0 Å². The highest BCUT2D eigenvalue weighted by Gasteiger charge is 2.49. The number of nitrogens with zero attached hydrogens (tertiary/aromatic N) is 4. The molecule has 4 aromatic carbocycles. The van der Waals surface area contributed by atoms with Gasteiger partial charge in [-0.1, -0.05) is 53.1 Å². The van der Waals surface area contributed by atoms with E-state index in [4.69, 9.17) is 4.74 Å². The van der Waals surface area contributed by atoms with Gasteiger partial charge in [0.05, 0.1) is 5.56 Å². The summed E-state index contributed by atoms with van der Waals surface area (Å²) in [5, 5.41) is 0. The van der Waals surface area contributed by atoms with Gasteiger partial charge in [-0.3, -0.25) is 0 Å². The fourth-order valence-corrected chi connectivity index (χ4v) is 5.35. The molecule has 0 saturated carbocycles. The lowest BCUT2D eigenvalue weighted by molar-refractivity contribution is 0.0139. The molecule has 1 unspecified atom stereocenters. The van der Waals surface area contributed by atoms with Crippen molar-refractivity contribution in [3.63, 3.8) is 0 Å². The first-order valence-electron chi connectivity index (χ1n) is 14.2. The number of anilines is 4. The van der Waals surface area contributed by atoms with E-state index in [1.807, 2.05) is 58.3 Å². The van der Waals surface area contributed by atoms with Gasteiger partial charge in [0.1, 0.15) is 5.82 Å². The summed E-state index contributed by atoms with van der Waals surface area (Å²) >= 11 is 0. The summed E-state index contributed by atoms with van der Waals surface area (Å²) in [5.41, 5.74) is 7.61. The Hall–Kier alpha value is -4.71. The molecule has 0 bridgehead atoms. The van der Waals surface area contributed by atoms with Crippen LogP contribution in [0.5, 0.6) is 0 Å². The monoisotopic (exact) mass is 560 g/mol. The quantitative estimate of drug-likeness (QED) is 0.211. The first-order valence-corrected chi connectivity index (χ1v) is 14.2. The minimum absolute atomic E-state index is 0.348. The van der Waals surface area contributed by atoms with Crippen molar-refractivity contribution in [1.82, 2.24) is 0 Å². The molecule has 0 amide bonds. The number of rotatable bonds is 8. The number of carbonyl (C=O) groups excluding carboxylic acids is 1. The van der Waals surface area contributed by atoms with Crippen molar-refractivity contribution < 1.29 is 9.53 Å². The highest BCUT2D eigenvalue weighted by atomic mass is 16.6. The Morgan fingerprint density at radius 2 is 1.05 bits per heavy atom. The Kier molecular flexibility index (Phi) is 7.74. The van der Waals surface area contributed by atoms with Gasteiger partial charge >= 0.3 is 5.97 Å². The van der Waals surface area contributed by atoms with Crippen LogP contribution in [0, 0.1) is 20.8 Å². The Balaban J connectivity index is 1.76. The second kappa shape index (κ2) is 11.3. The Bertz CT molecular complexity index is 1550. The molecule has 0 fully saturated rings. The number of hydrogen-bond acceptors (Lipinski definition) is 6. The summed E-state index contributed by atoms with van der Waals surface area (Å²) in [6.45, 7) is 6.24. The van der Waals surface area contributed by atoms with E-state index < -0.39 is 5.72 Å². The van der Waals surface area contributed by atoms with Crippen LogP contribution in [0.3, 0.4) is 0 Å². The van der Waals surface area contributed by atoms with Gasteiger partial charge in [0.25, 0.3) is 0 Å². The van der Waals surface area contributed by atoms with E-state index in [9.17, 15) is 4.79 Å². The van der Waals surface area contributed by atoms with Gasteiger partial charge < -0.3 is 24.3 Å². The maximum Gasteiger partial charge on any atom is 0.341 e. The lowest BCUT2D eigenvalue weighted by Crippen LogP contribution is -2.45. The molecular formula is C36H40N4O2. The smallest absolute Gasteiger partial charge is 0.341 e. The van der Waals surface area contributed by atoms with Gasteiger partial charge in [0.15, 0.2) is 0 Å². The zero-order valence-electron chi connectivity index (χ0n) is 25.8. The summed E-state index contributed by atoms with van der Waals surface area (Å²) in [5.74, 6) is 0.512. The fourth-order valence-electron chi connectivity index (χ4n) is 5.35. The van der Waals surface area contributed by atoms with E-state index in [0.29, 0.717) is 5.56 Å². The summed E-state index contributed by atoms with van der Waals surface area (Å²) in [4.78, 5) is 22.0. The van der Waals surface area contributed by atoms with E-state index in [2.05, 4.69) is 114 Å². The third kappa shape index (κ3) is 5.32. The van der Waals surface area contributed by atoms with Crippen molar-refractivity contribution in [2.24, 2.45) is 0 Å². The van der Waals surface area contributed by atoms with Crippen LogP contribution in [0.1, 0.15) is 32.6 Å². The van der Waals surface area contributed by atoms with Crippen LogP contribution in [0.15, 0.2) is 103 Å². The molecule has 0 saturated heterocycles. The molecule has 0 N–H and O–H groups in total. The van der Waals surface area contributed by atoms with Gasteiger partial charge in [-0.15, -0.1) is 0 Å². The molecule has 0 aromatic heterocycles. The molecule has 1 heterocycles. The normalized spacial score (nSPS) is 15.5. The molecule has 216 valence electrons. The molecular weight excluding hydrogens is 520 g/mol. The molecule has 1 aliphatic rings. The number of hydrogen-bond donors (Lipinski definition) is 0. The molecule has 6 heteroatoms. The Morgan fingerprint density at radius 3 is 1.50 bits per heavy atom. The standard InChI is InChI=1S/C36H40N4O2/c1-25-9-15-28(16-10-25)38(6)34(39(7)29-17-11-26(2)12-18-29)24-36(40(8)30-19-13-27(3)14-20-30)33-22-21-31(37(4)5)23-32(33)35(41)42-36/h9-24H,1-8H3. The van der Waals surface area contributed by atoms with Crippen molar-refractivity contribution in [2.75, 3.05) is 54.8 Å². The van der Waals surface area contributed by atoms with Crippen LogP contribution in [-0.4, -0.2) is 41.2 Å². The van der Waals surface area contributed by atoms with Crippen molar-refractivity contribution in [3.05, 3.63) is 131 Å². The molecule has 0 radical (unpaired) electrons. The Labute approximate surface area is 250 Å². The molecule has 1 atom stereocenters. The number of esters is 1. The van der Waals surface area contributed by atoms with Crippen molar-refractivity contribution in [2.45, 2.75) is 26.5 Å². The predicted molar refractivity (Wildman–Crippen MR) is 175 cm³/mol. The molecule has 0 spiro atoms. The van der Waals surface area contributed by atoms with E-state index in [0.717, 1.165) is 39.7 Å². The Morgan fingerprint density at radius 1 is 0.619 bits per heavy atom. The fraction of sp³-hybridized carbons (Fsp3) is 0.250. The molecule has 0 aliphatic carbocycles. The van der Waals surface area contributed by atoms with Gasteiger partial charge in [-0.2, -0.15) is 0 Å². The number of fused-ring (bicyclic) bond motifs is 1. The average Bonchev–Trinajstić information content (AvgIpc) is 3.27. The minimum Gasteiger partial charge on any atom is -0.427 e. The third-order valence-corrected chi connectivity index (χ3v) is 8.15. The van der Waals surface area contributed by atoms with Crippen LogP contribution in [-0.2, 0) is 10.5 Å². The zero-order chi connectivity index (χ0) is 30.2. The van der Waals surface area contributed by atoms with Crippen LogP contribution < -0.4 is 19.6 Å². The second-order valence-corrected chi connectivity index (χ2v) is 11.4. The lowest BCUT2D eigenvalue weighted by atomic mass is 9.96. The highest BCUT2D eigenvalue weighted by molar-refractivity contribution is 5.97. The van der Waals surface area contributed by atoms with Gasteiger partial charge in [0, 0.05) is 69.6 Å². The van der Waals surface area contributed by atoms with E-state index >= 15 is 0 Å². The topological polar surface area (TPSA) is 39.3 Å². The van der Waals surface area contributed by atoms with Crippen LogP contribution >= 0.6 is 0 Å². The molecule has 6 nitrogen and oxygen atoms in total. The van der Waals surface area contributed by atoms with Crippen molar-refractivity contribution >= 4 is 28.7 Å². The summed E-state index contributed by atoms with van der Waals surface area (Å²) in [6, 6.07) is 31.1. The number of carbonyl (C=O) groups is 1. The van der Waals surface area contributed by atoms with E-state index in [1.165, 1.54) is 11.1 Å². The minimum atomic E-state index is -1.21. The summed E-state index contributed by atoms with van der Waals surface area (Å²) < 4.78 is 6.48. The molecule has 42 heavy (non-hydrogen) atoms. The number of aryl methyl sites for hydroxylation is 3.